The number of fused-ring (bicyclic) bond motifs is 1. The first-order chi connectivity index (χ1) is 12.1. The van der Waals surface area contributed by atoms with Crippen molar-refractivity contribution in [1.29, 1.82) is 0 Å². The molecule has 3 aromatic rings. The van der Waals surface area contributed by atoms with E-state index in [-0.39, 0.29) is 0 Å². The maximum atomic E-state index is 4.77. The standard InChI is InChI=1S/C21H22N4/c1-14-8-9-18(12-15(14)2)23-20-13-16(3)22-21(24-20)25-11-10-17-6-4-5-7-19(17)25/h4-9,12-13H,10-11H2,1-3H3,(H,22,23,24). The van der Waals surface area contributed by atoms with Gasteiger partial charge in [-0.1, -0.05) is 24.3 Å². The second kappa shape index (κ2) is 6.20. The smallest absolute Gasteiger partial charge is 0.232 e. The van der Waals surface area contributed by atoms with Crippen LogP contribution < -0.4 is 10.2 Å². The molecule has 2 heterocycles. The molecule has 4 rings (SSSR count). The molecule has 1 N–H and O–H groups in total. The summed E-state index contributed by atoms with van der Waals surface area (Å²) in [6.07, 6.45) is 1.04. The minimum absolute atomic E-state index is 0.760. The topological polar surface area (TPSA) is 41.1 Å². The summed E-state index contributed by atoms with van der Waals surface area (Å²) in [5.74, 6) is 1.59. The minimum Gasteiger partial charge on any atom is -0.340 e. The van der Waals surface area contributed by atoms with E-state index in [4.69, 9.17) is 4.98 Å². The van der Waals surface area contributed by atoms with Gasteiger partial charge in [0.2, 0.25) is 5.95 Å². The molecule has 4 nitrogen and oxygen atoms in total. The lowest BCUT2D eigenvalue weighted by atomic mass is 10.1. The first-order valence-electron chi connectivity index (χ1n) is 8.65. The number of aromatic nitrogens is 2. The lowest BCUT2D eigenvalue weighted by Crippen LogP contribution is -2.17. The summed E-state index contributed by atoms with van der Waals surface area (Å²) >= 11 is 0. The molecule has 0 atom stereocenters. The number of para-hydroxylation sites is 1. The third-order valence-electron chi connectivity index (χ3n) is 4.75. The van der Waals surface area contributed by atoms with Crippen LogP contribution in [-0.4, -0.2) is 16.5 Å². The van der Waals surface area contributed by atoms with Crippen molar-refractivity contribution < 1.29 is 0 Å². The normalized spacial score (nSPS) is 13.0. The fourth-order valence-electron chi connectivity index (χ4n) is 3.25. The van der Waals surface area contributed by atoms with Crippen LogP contribution in [0.15, 0.2) is 48.5 Å². The number of hydrogen-bond donors (Lipinski definition) is 1. The van der Waals surface area contributed by atoms with Crippen LogP contribution in [0.5, 0.6) is 0 Å². The van der Waals surface area contributed by atoms with E-state index in [1.807, 2.05) is 13.0 Å². The molecule has 0 amide bonds. The Hall–Kier alpha value is -2.88. The fourth-order valence-corrected chi connectivity index (χ4v) is 3.25. The molecule has 1 aromatic heterocycles. The van der Waals surface area contributed by atoms with Crippen LogP contribution in [0.2, 0.25) is 0 Å². The van der Waals surface area contributed by atoms with Crippen molar-refractivity contribution in [3.63, 3.8) is 0 Å². The van der Waals surface area contributed by atoms with E-state index in [0.717, 1.165) is 36.1 Å². The van der Waals surface area contributed by atoms with Gasteiger partial charge >= 0.3 is 0 Å². The zero-order chi connectivity index (χ0) is 17.4. The molecule has 0 spiro atoms. The van der Waals surface area contributed by atoms with E-state index in [2.05, 4.69) is 71.5 Å². The number of hydrogen-bond acceptors (Lipinski definition) is 4. The van der Waals surface area contributed by atoms with Crippen LogP contribution in [0, 0.1) is 20.8 Å². The van der Waals surface area contributed by atoms with Crippen molar-refractivity contribution in [2.75, 3.05) is 16.8 Å². The molecule has 0 bridgehead atoms. The van der Waals surface area contributed by atoms with E-state index in [1.54, 1.807) is 0 Å². The Labute approximate surface area is 148 Å². The van der Waals surface area contributed by atoms with Gasteiger partial charge < -0.3 is 10.2 Å². The van der Waals surface area contributed by atoms with Gasteiger partial charge in [0.25, 0.3) is 0 Å². The second-order valence-electron chi connectivity index (χ2n) is 6.65. The molecule has 25 heavy (non-hydrogen) atoms. The summed E-state index contributed by atoms with van der Waals surface area (Å²) in [6, 6.07) is 16.8. The molecule has 0 unspecified atom stereocenters. The number of benzene rings is 2. The van der Waals surface area contributed by atoms with Crippen molar-refractivity contribution in [1.82, 2.24) is 9.97 Å². The average Bonchev–Trinajstić information content (AvgIpc) is 3.02. The summed E-state index contributed by atoms with van der Waals surface area (Å²) in [4.78, 5) is 11.6. The van der Waals surface area contributed by atoms with Crippen LogP contribution in [0.1, 0.15) is 22.4 Å². The lowest BCUT2D eigenvalue weighted by Gasteiger charge is -2.19. The minimum atomic E-state index is 0.760. The molecule has 1 aliphatic heterocycles. The predicted molar refractivity (Wildman–Crippen MR) is 103 cm³/mol. The molecule has 0 fully saturated rings. The van der Waals surface area contributed by atoms with Gasteiger partial charge in [-0.15, -0.1) is 0 Å². The zero-order valence-electron chi connectivity index (χ0n) is 14.9. The maximum absolute atomic E-state index is 4.77. The summed E-state index contributed by atoms with van der Waals surface area (Å²) in [5, 5.41) is 3.42. The molecule has 4 heteroatoms. The van der Waals surface area contributed by atoms with E-state index in [9.17, 15) is 0 Å². The molecule has 0 radical (unpaired) electrons. The highest BCUT2D eigenvalue weighted by atomic mass is 15.3. The summed E-state index contributed by atoms with van der Waals surface area (Å²) in [5.41, 5.74) is 7.14. The van der Waals surface area contributed by atoms with Crippen LogP contribution in [0.25, 0.3) is 0 Å². The number of anilines is 4. The maximum Gasteiger partial charge on any atom is 0.232 e. The van der Waals surface area contributed by atoms with Crippen LogP contribution in [0.4, 0.5) is 23.1 Å². The van der Waals surface area contributed by atoms with Gasteiger partial charge in [-0.2, -0.15) is 4.98 Å². The number of nitrogens with zero attached hydrogens (tertiary/aromatic N) is 3. The SMILES string of the molecule is Cc1cc(Nc2ccc(C)c(C)c2)nc(N2CCc3ccccc32)n1. The highest BCUT2D eigenvalue weighted by Gasteiger charge is 2.22. The number of rotatable bonds is 3. The summed E-state index contributed by atoms with van der Waals surface area (Å²) < 4.78 is 0. The first-order valence-corrected chi connectivity index (χ1v) is 8.65. The molecule has 126 valence electrons. The predicted octanol–water partition coefficient (Wildman–Crippen LogP) is 4.84. The Bertz CT molecular complexity index is 933. The zero-order valence-corrected chi connectivity index (χ0v) is 14.9. The Kier molecular flexibility index (Phi) is 3.88. The van der Waals surface area contributed by atoms with Gasteiger partial charge in [0.1, 0.15) is 5.82 Å². The fraction of sp³-hybridized carbons (Fsp3) is 0.238. The van der Waals surface area contributed by atoms with E-state index in [0.29, 0.717) is 0 Å². The third-order valence-corrected chi connectivity index (χ3v) is 4.75. The Morgan fingerprint density at radius 3 is 2.60 bits per heavy atom. The highest BCUT2D eigenvalue weighted by Crippen LogP contribution is 2.33. The molecular weight excluding hydrogens is 308 g/mol. The average molecular weight is 330 g/mol. The third kappa shape index (κ3) is 3.07. The van der Waals surface area contributed by atoms with Gasteiger partial charge in [0.05, 0.1) is 0 Å². The summed E-state index contributed by atoms with van der Waals surface area (Å²) in [7, 11) is 0. The largest absolute Gasteiger partial charge is 0.340 e. The number of nitrogens with one attached hydrogen (secondary N) is 1. The Morgan fingerprint density at radius 1 is 0.920 bits per heavy atom. The van der Waals surface area contributed by atoms with Gasteiger partial charge in [0, 0.05) is 29.7 Å². The second-order valence-corrected chi connectivity index (χ2v) is 6.65. The van der Waals surface area contributed by atoms with Crippen LogP contribution in [0.3, 0.4) is 0 Å². The summed E-state index contributed by atoms with van der Waals surface area (Å²) in [6.45, 7) is 7.18. The lowest BCUT2D eigenvalue weighted by molar-refractivity contribution is 0.931. The molecule has 0 saturated heterocycles. The van der Waals surface area contributed by atoms with Gasteiger partial charge in [-0.25, -0.2) is 4.98 Å². The monoisotopic (exact) mass is 330 g/mol. The van der Waals surface area contributed by atoms with Crippen LogP contribution >= 0.6 is 0 Å². The molecular formula is C21H22N4. The Morgan fingerprint density at radius 2 is 1.76 bits per heavy atom. The molecule has 2 aromatic carbocycles. The van der Waals surface area contributed by atoms with Crippen molar-refractivity contribution in [2.45, 2.75) is 27.2 Å². The van der Waals surface area contributed by atoms with E-state index < -0.39 is 0 Å². The van der Waals surface area contributed by atoms with Crippen LogP contribution in [-0.2, 0) is 6.42 Å². The Balaban J connectivity index is 1.66. The van der Waals surface area contributed by atoms with Gasteiger partial charge in [-0.3, -0.25) is 0 Å². The van der Waals surface area contributed by atoms with Crippen molar-refractivity contribution >= 4 is 23.1 Å². The quantitative estimate of drug-likeness (QED) is 0.746. The highest BCUT2D eigenvalue weighted by molar-refractivity contribution is 5.67. The van der Waals surface area contributed by atoms with Crippen molar-refractivity contribution in [3.8, 4) is 0 Å². The van der Waals surface area contributed by atoms with E-state index in [1.165, 1.54) is 22.4 Å². The molecule has 0 aliphatic carbocycles. The van der Waals surface area contributed by atoms with Crippen molar-refractivity contribution in [2.24, 2.45) is 0 Å². The van der Waals surface area contributed by atoms with E-state index >= 15 is 0 Å². The molecule has 0 saturated carbocycles. The molecule has 1 aliphatic rings. The number of aryl methyl sites for hydroxylation is 3. The van der Waals surface area contributed by atoms with Gasteiger partial charge in [0.15, 0.2) is 0 Å². The van der Waals surface area contributed by atoms with Gasteiger partial charge in [-0.05, 0) is 62.1 Å². The van der Waals surface area contributed by atoms with Crippen molar-refractivity contribution in [3.05, 3.63) is 70.9 Å². The first kappa shape index (κ1) is 15.6.